The molecule has 10 N–H and O–H groups in total. The van der Waals surface area contributed by atoms with Gasteiger partial charge in [-0.15, -0.1) is 0 Å². The van der Waals surface area contributed by atoms with Crippen molar-refractivity contribution in [3.05, 3.63) is 52.3 Å². The van der Waals surface area contributed by atoms with E-state index in [0.29, 0.717) is 40.3 Å². The Kier molecular flexibility index (Phi) is 22.2. The molecule has 2 bridgehead atoms. The molecule has 0 spiro atoms. The Balaban J connectivity index is 1.48. The largest absolute Gasteiger partial charge is 0.508 e. The Bertz CT molecular complexity index is 2610. The van der Waals surface area contributed by atoms with Crippen molar-refractivity contribution in [2.24, 2.45) is 17.8 Å². The maximum Gasteiger partial charge on any atom is 0.290 e. The summed E-state index contributed by atoms with van der Waals surface area (Å²) in [5.41, 5.74) is 1.42. The number of rotatable bonds is 16. The zero-order valence-electron chi connectivity index (χ0n) is 44.5. The fourth-order valence-electron chi connectivity index (χ4n) is 9.14. The van der Waals surface area contributed by atoms with Gasteiger partial charge in [-0.3, -0.25) is 43.2 Å². The molecule has 2 aromatic heterocycles. The van der Waals surface area contributed by atoms with Crippen molar-refractivity contribution in [1.29, 1.82) is 0 Å². The molecule has 4 heterocycles. The molecule has 8 amide bonds. The number of hydrogen-bond acceptors (Lipinski definition) is 13. The van der Waals surface area contributed by atoms with Crippen molar-refractivity contribution in [1.82, 2.24) is 52.1 Å². The molecule has 3 aromatic rings. The number of carbonyl (C=O) groups is 9. The first-order valence-electron chi connectivity index (χ1n) is 26.4. The monoisotopic (exact) mass is 1120 g/mol. The second-order valence-corrected chi connectivity index (χ2v) is 21.0. The van der Waals surface area contributed by atoms with Crippen LogP contribution in [0.3, 0.4) is 0 Å². The first-order valence-corrected chi connectivity index (χ1v) is 27.2. The number of halogens is 1. The summed E-state index contributed by atoms with van der Waals surface area (Å²) in [4.78, 5) is 134. The Morgan fingerprint density at radius 3 is 2.24 bits per heavy atom. The number of fused-ring (bicyclic) bond motifs is 4. The number of ketones is 1. The summed E-state index contributed by atoms with van der Waals surface area (Å²) >= 11 is 3.51. The SMILES string of the molecule is CCC(C)C(O)C(=O)NC(C(=O)N[C@@H](CC)C(=O)N[C@H]1CCCNC(=O)[C@H](Cc2c(Br)[nH]c3ccc(O)cc23)NC(=O)/C=C/c2coc(n2)[C@H](CC)NC(=O)C(=O)[C@H](CC(C)C)NC(=O)[C@@H]2CCCN2C1=O)C(C)CC. The molecule has 416 valence electrons. The lowest BCUT2D eigenvalue weighted by Gasteiger charge is -2.31. The number of hydrogen-bond donors (Lipinski definition) is 10. The summed E-state index contributed by atoms with van der Waals surface area (Å²) in [5.74, 6) is -7.63. The fraction of sp³-hybridized carbons (Fsp3) is 0.585. The van der Waals surface area contributed by atoms with E-state index in [1.165, 1.54) is 29.4 Å². The molecule has 1 saturated heterocycles. The lowest BCUT2D eigenvalue weighted by molar-refractivity contribution is -0.144. The molecular weight excluding hydrogens is 1050 g/mol. The molecule has 22 nitrogen and oxygen atoms in total. The molecule has 0 aliphatic carbocycles. The van der Waals surface area contributed by atoms with Crippen molar-refractivity contribution >= 4 is 85.9 Å². The molecule has 2 aliphatic rings. The van der Waals surface area contributed by atoms with Crippen molar-refractivity contribution in [3.63, 3.8) is 0 Å². The highest BCUT2D eigenvalue weighted by Crippen LogP contribution is 2.31. The number of aromatic amines is 1. The number of phenols is 1. The number of carbonyl (C=O) groups excluding carboxylic acids is 9. The molecule has 5 rings (SSSR count). The Labute approximate surface area is 451 Å². The maximum atomic E-state index is 14.8. The van der Waals surface area contributed by atoms with Gasteiger partial charge in [0.15, 0.2) is 0 Å². The minimum Gasteiger partial charge on any atom is -0.508 e. The topological polar surface area (TPSA) is 323 Å². The zero-order valence-corrected chi connectivity index (χ0v) is 46.1. The van der Waals surface area contributed by atoms with Crippen LogP contribution in [0.2, 0.25) is 0 Å². The van der Waals surface area contributed by atoms with E-state index in [9.17, 15) is 53.4 Å². The van der Waals surface area contributed by atoms with E-state index < -0.39 is 107 Å². The standard InChI is InChI=1S/C53H75BrN10O12/c1-9-28(7)42(63-50(73)43(67)29(8)10-2)49(72)59-34(11-3)47(70)61-37-15-13-21-55-46(69)39(25-33-32-24-31(65)18-19-36(32)58-45(33)54)57-41(66)20-17-30-26-76-52(56-30)35(12-4)60-51(74)44(68)38(23-27(5)6)62-48(71)40-16-14-22-64(40)53(37)75/h17-20,24,26-29,34-35,37-40,42-43,58,65,67H,9-16,21-23,25H2,1-8H3,(H,55,69)(H,57,66)(H,59,72)(H,60,74)(H,61,70)(H,62,71)(H,63,73)/b20-17+/t28?,29?,34-,35-,37-,38-,39-,40-,42?,43?/m0/s1. The molecular formula is C53H75BrN10O12. The summed E-state index contributed by atoms with van der Waals surface area (Å²) in [6, 6.07) is -3.43. The van der Waals surface area contributed by atoms with E-state index in [2.05, 4.69) is 63.1 Å². The van der Waals surface area contributed by atoms with Gasteiger partial charge in [0.05, 0.1) is 10.6 Å². The number of nitrogens with one attached hydrogen (secondary N) is 8. The number of oxazole rings is 1. The molecule has 23 heteroatoms. The van der Waals surface area contributed by atoms with Gasteiger partial charge in [-0.1, -0.05) is 68.2 Å². The van der Waals surface area contributed by atoms with Gasteiger partial charge in [0.1, 0.15) is 60.1 Å². The number of benzene rings is 1. The van der Waals surface area contributed by atoms with Crippen LogP contribution in [0.25, 0.3) is 17.0 Å². The number of Topliss-reactive ketones (excluding diaryl/α,β-unsaturated/α-hetero) is 1. The molecule has 2 aliphatic heterocycles. The van der Waals surface area contributed by atoms with Crippen LogP contribution in [-0.4, -0.2) is 134 Å². The molecule has 0 radical (unpaired) electrons. The summed E-state index contributed by atoms with van der Waals surface area (Å²) in [7, 11) is 0. The summed E-state index contributed by atoms with van der Waals surface area (Å²) in [5, 5.41) is 40.7. The lowest BCUT2D eigenvalue weighted by Crippen LogP contribution is -2.60. The van der Waals surface area contributed by atoms with Crippen LogP contribution >= 0.6 is 15.9 Å². The predicted molar refractivity (Wildman–Crippen MR) is 284 cm³/mol. The quantitative estimate of drug-likeness (QED) is 0.0923. The second kappa shape index (κ2) is 28.0. The van der Waals surface area contributed by atoms with Crippen molar-refractivity contribution in [3.8, 4) is 5.75 Å². The maximum absolute atomic E-state index is 14.8. The van der Waals surface area contributed by atoms with Crippen LogP contribution in [-0.2, 0) is 49.6 Å². The van der Waals surface area contributed by atoms with Crippen LogP contribution < -0.4 is 37.2 Å². The van der Waals surface area contributed by atoms with Crippen molar-refractivity contribution < 1.29 is 57.8 Å². The zero-order chi connectivity index (χ0) is 56.0. The summed E-state index contributed by atoms with van der Waals surface area (Å²) in [6.07, 6.45) is 4.27. The molecule has 1 aromatic carbocycles. The van der Waals surface area contributed by atoms with Gasteiger partial charge in [0.25, 0.3) is 5.91 Å². The van der Waals surface area contributed by atoms with E-state index in [-0.39, 0.29) is 87.2 Å². The number of aliphatic hydroxyl groups excluding tert-OH is 1. The number of aromatic nitrogens is 2. The first-order chi connectivity index (χ1) is 36.1. The number of aliphatic hydroxyl groups is 1. The van der Waals surface area contributed by atoms with Gasteiger partial charge in [0, 0.05) is 36.5 Å². The van der Waals surface area contributed by atoms with Crippen LogP contribution in [0.1, 0.15) is 136 Å². The van der Waals surface area contributed by atoms with Gasteiger partial charge in [0.2, 0.25) is 53.0 Å². The van der Waals surface area contributed by atoms with Crippen LogP contribution in [0.15, 0.2) is 39.6 Å². The molecule has 76 heavy (non-hydrogen) atoms. The molecule has 4 unspecified atom stereocenters. The third kappa shape index (κ3) is 15.7. The van der Waals surface area contributed by atoms with Crippen molar-refractivity contribution in [2.75, 3.05) is 13.1 Å². The summed E-state index contributed by atoms with van der Waals surface area (Å²) < 4.78 is 6.17. The third-order valence-corrected chi connectivity index (χ3v) is 14.8. The van der Waals surface area contributed by atoms with E-state index in [1.54, 1.807) is 33.8 Å². The Morgan fingerprint density at radius 2 is 1.57 bits per heavy atom. The molecule has 0 saturated carbocycles. The lowest BCUT2D eigenvalue weighted by atomic mass is 9.96. The van der Waals surface area contributed by atoms with Gasteiger partial charge < -0.3 is 61.7 Å². The number of phenolic OH excluding ortho intramolecular Hbond substituents is 1. The second-order valence-electron chi connectivity index (χ2n) is 20.2. The van der Waals surface area contributed by atoms with Gasteiger partial charge >= 0.3 is 0 Å². The predicted octanol–water partition coefficient (Wildman–Crippen LogP) is 3.25. The summed E-state index contributed by atoms with van der Waals surface area (Å²) in [6.45, 7) is 14.2. The fourth-order valence-corrected chi connectivity index (χ4v) is 9.73. The average Bonchev–Trinajstić information content (AvgIpc) is 4.16. The smallest absolute Gasteiger partial charge is 0.290 e. The third-order valence-electron chi connectivity index (χ3n) is 14.1. The highest BCUT2D eigenvalue weighted by atomic mass is 79.9. The van der Waals surface area contributed by atoms with E-state index >= 15 is 0 Å². The van der Waals surface area contributed by atoms with Crippen molar-refractivity contribution in [2.45, 2.75) is 168 Å². The van der Waals surface area contributed by atoms with Crippen LogP contribution in [0.4, 0.5) is 0 Å². The highest BCUT2D eigenvalue weighted by molar-refractivity contribution is 9.10. The van der Waals surface area contributed by atoms with E-state index in [4.69, 9.17) is 4.42 Å². The minimum atomic E-state index is -1.37. The van der Waals surface area contributed by atoms with Gasteiger partial charge in [-0.25, -0.2) is 4.98 Å². The Morgan fingerprint density at radius 1 is 0.842 bits per heavy atom. The Hall–Kier alpha value is -6.62. The number of H-pyrrole nitrogens is 1. The minimum absolute atomic E-state index is 0.0223. The van der Waals surface area contributed by atoms with Gasteiger partial charge in [-0.2, -0.15) is 0 Å². The molecule has 10 atom stereocenters. The number of aromatic hydroxyl groups is 1. The van der Waals surface area contributed by atoms with E-state index in [0.717, 1.165) is 6.08 Å². The van der Waals surface area contributed by atoms with Crippen LogP contribution in [0, 0.1) is 17.8 Å². The van der Waals surface area contributed by atoms with Crippen LogP contribution in [0.5, 0.6) is 5.75 Å². The highest BCUT2D eigenvalue weighted by Gasteiger charge is 2.41. The number of nitrogens with zero attached hydrogens (tertiary/aromatic N) is 2. The first kappa shape index (κ1) is 60.2. The number of amides is 8. The average molecular weight is 1120 g/mol. The van der Waals surface area contributed by atoms with Gasteiger partial charge in [-0.05, 0) is 108 Å². The normalized spacial score (nSPS) is 22.9. The molecule has 1 fully saturated rings. The van der Waals surface area contributed by atoms with E-state index in [1.807, 2.05) is 27.7 Å².